The van der Waals surface area contributed by atoms with Crippen LogP contribution in [0.5, 0.6) is 0 Å². The Hall–Kier alpha value is -2.32. The van der Waals surface area contributed by atoms with E-state index in [1.807, 2.05) is 38.1 Å². The van der Waals surface area contributed by atoms with Crippen molar-refractivity contribution < 1.29 is 19.4 Å². The molecule has 0 heterocycles. The summed E-state index contributed by atoms with van der Waals surface area (Å²) in [5, 5.41) is 11.5. The van der Waals surface area contributed by atoms with Crippen molar-refractivity contribution in [3.8, 4) is 11.8 Å². The van der Waals surface area contributed by atoms with Crippen LogP contribution < -0.4 is 0 Å². The van der Waals surface area contributed by atoms with Crippen LogP contribution in [0.15, 0.2) is 48.5 Å². The van der Waals surface area contributed by atoms with E-state index in [2.05, 4.69) is 11.8 Å². The molecule has 0 spiro atoms. The van der Waals surface area contributed by atoms with Gasteiger partial charge in [0.05, 0.1) is 12.7 Å². The zero-order valence-corrected chi connectivity index (χ0v) is 18.0. The molecule has 2 aromatic carbocycles. The predicted octanol–water partition coefficient (Wildman–Crippen LogP) is 4.50. The first kappa shape index (κ1) is 23.0. The second kappa shape index (κ2) is 10.5. The first-order valence-electron chi connectivity index (χ1n) is 9.64. The minimum atomic E-state index is -1.35. The molecular weight excluding hydrogens is 388 g/mol. The van der Waals surface area contributed by atoms with E-state index in [1.165, 1.54) is 0 Å². The van der Waals surface area contributed by atoms with Crippen LogP contribution in [0, 0.1) is 11.8 Å². The molecule has 154 valence electrons. The van der Waals surface area contributed by atoms with Crippen molar-refractivity contribution in [2.24, 2.45) is 0 Å². The Morgan fingerprint density at radius 3 is 2.52 bits per heavy atom. The fourth-order valence-corrected chi connectivity index (χ4v) is 2.89. The molecule has 1 N–H and O–H groups in total. The molecular formula is C24H27ClO4. The Labute approximate surface area is 177 Å². The van der Waals surface area contributed by atoms with Gasteiger partial charge in [-0.1, -0.05) is 47.7 Å². The zero-order valence-electron chi connectivity index (χ0n) is 17.2. The average molecular weight is 415 g/mol. The molecule has 2 atom stereocenters. The first-order chi connectivity index (χ1) is 13.7. The van der Waals surface area contributed by atoms with Crippen molar-refractivity contribution in [2.45, 2.75) is 51.9 Å². The van der Waals surface area contributed by atoms with Crippen LogP contribution in [0.3, 0.4) is 0 Å². The van der Waals surface area contributed by atoms with Gasteiger partial charge in [-0.15, -0.1) is 0 Å². The fraction of sp³-hybridized carbons (Fsp3) is 0.375. The predicted molar refractivity (Wildman–Crippen MR) is 115 cm³/mol. The quantitative estimate of drug-likeness (QED) is 0.535. The lowest BCUT2D eigenvalue weighted by Gasteiger charge is -2.21. The van der Waals surface area contributed by atoms with E-state index in [4.69, 9.17) is 21.1 Å². The topological polar surface area (TPSA) is 55.8 Å². The summed E-state index contributed by atoms with van der Waals surface area (Å²) in [5.74, 6) is 5.49. The summed E-state index contributed by atoms with van der Waals surface area (Å²) < 4.78 is 10.9. The highest BCUT2D eigenvalue weighted by Crippen LogP contribution is 2.22. The van der Waals surface area contributed by atoms with Crippen molar-refractivity contribution in [3.05, 3.63) is 70.2 Å². The number of carbonyl (C=O) groups is 1. The van der Waals surface area contributed by atoms with Gasteiger partial charge in [0.1, 0.15) is 5.60 Å². The number of hydrogen-bond acceptors (Lipinski definition) is 4. The van der Waals surface area contributed by atoms with Crippen LogP contribution in [-0.4, -0.2) is 29.9 Å². The van der Waals surface area contributed by atoms with E-state index in [0.717, 1.165) is 11.1 Å². The van der Waals surface area contributed by atoms with Crippen molar-refractivity contribution in [2.75, 3.05) is 6.61 Å². The Morgan fingerprint density at radius 2 is 1.90 bits per heavy atom. The maximum Gasteiger partial charge on any atom is 0.335 e. The number of carbonyl (C=O) groups excluding carboxylic acids is 1. The summed E-state index contributed by atoms with van der Waals surface area (Å²) >= 11 is 5.89. The first-order valence-corrected chi connectivity index (χ1v) is 10.0. The van der Waals surface area contributed by atoms with Crippen LogP contribution >= 0.6 is 11.6 Å². The van der Waals surface area contributed by atoms with Gasteiger partial charge in [0.25, 0.3) is 0 Å². The Bertz CT molecular complexity index is 876. The molecule has 0 saturated heterocycles. The molecule has 2 aromatic rings. The molecule has 0 fully saturated rings. The minimum absolute atomic E-state index is 0.110. The van der Waals surface area contributed by atoms with Gasteiger partial charge in [-0.3, -0.25) is 0 Å². The van der Waals surface area contributed by atoms with Crippen LogP contribution in [0.1, 0.15) is 44.4 Å². The monoisotopic (exact) mass is 414 g/mol. The second-order valence-corrected chi connectivity index (χ2v) is 7.60. The molecule has 29 heavy (non-hydrogen) atoms. The minimum Gasteiger partial charge on any atom is -0.464 e. The van der Waals surface area contributed by atoms with Gasteiger partial charge in [-0.25, -0.2) is 4.79 Å². The lowest BCUT2D eigenvalue weighted by molar-refractivity contribution is -0.159. The normalized spacial score (nSPS) is 13.9. The van der Waals surface area contributed by atoms with E-state index >= 15 is 0 Å². The van der Waals surface area contributed by atoms with E-state index < -0.39 is 11.7 Å². The highest BCUT2D eigenvalue weighted by atomic mass is 35.5. The smallest absolute Gasteiger partial charge is 0.335 e. The molecule has 0 aliphatic heterocycles. The highest BCUT2D eigenvalue weighted by molar-refractivity contribution is 6.30. The van der Waals surface area contributed by atoms with Gasteiger partial charge in [0, 0.05) is 17.0 Å². The zero-order chi connectivity index (χ0) is 21.4. The number of esters is 1. The van der Waals surface area contributed by atoms with Crippen molar-refractivity contribution in [1.29, 1.82) is 0 Å². The molecule has 5 heteroatoms. The lowest BCUT2D eigenvalue weighted by atomic mass is 9.93. The fourth-order valence-electron chi connectivity index (χ4n) is 2.77. The third-order valence-corrected chi connectivity index (χ3v) is 4.44. The largest absolute Gasteiger partial charge is 0.464 e. The Kier molecular flexibility index (Phi) is 8.28. The lowest BCUT2D eigenvalue weighted by Crippen LogP contribution is -2.31. The van der Waals surface area contributed by atoms with Gasteiger partial charge < -0.3 is 14.6 Å². The van der Waals surface area contributed by atoms with Gasteiger partial charge in [-0.05, 0) is 63.1 Å². The van der Waals surface area contributed by atoms with E-state index in [1.54, 1.807) is 38.1 Å². The van der Waals surface area contributed by atoms with E-state index in [0.29, 0.717) is 23.6 Å². The van der Waals surface area contributed by atoms with Crippen LogP contribution in [0.25, 0.3) is 0 Å². The Morgan fingerprint density at radius 1 is 1.21 bits per heavy atom. The molecule has 0 aliphatic carbocycles. The highest BCUT2D eigenvalue weighted by Gasteiger charge is 2.24. The van der Waals surface area contributed by atoms with Crippen molar-refractivity contribution in [3.63, 3.8) is 0 Å². The summed E-state index contributed by atoms with van der Waals surface area (Å²) in [7, 11) is 0. The molecule has 0 bridgehead atoms. The van der Waals surface area contributed by atoms with Crippen LogP contribution in [-0.2, 0) is 26.3 Å². The third kappa shape index (κ3) is 7.21. The van der Waals surface area contributed by atoms with Crippen LogP contribution in [0.2, 0.25) is 5.02 Å². The average Bonchev–Trinajstić information content (AvgIpc) is 2.67. The van der Waals surface area contributed by atoms with E-state index in [9.17, 15) is 9.90 Å². The molecule has 0 radical (unpaired) electrons. The maximum absolute atomic E-state index is 12.2. The standard InChI is InChI=1S/C24H27ClO4/c1-5-28-23(26)22(29-17(2)3)16-19-7-6-8-20(15-19)24(4,27)14-13-18-9-11-21(25)12-10-18/h6-12,15,17,22,27H,5,16H2,1-4H3. The SMILES string of the molecule is CCOC(=O)C(Cc1cccc(C(C)(O)C#Cc2ccc(Cl)cc2)c1)OC(C)C. The van der Waals surface area contributed by atoms with Crippen LogP contribution in [0.4, 0.5) is 0 Å². The van der Waals surface area contributed by atoms with Gasteiger partial charge in [0.15, 0.2) is 6.10 Å². The molecule has 0 saturated carbocycles. The second-order valence-electron chi connectivity index (χ2n) is 7.16. The number of hydrogen-bond donors (Lipinski definition) is 1. The van der Waals surface area contributed by atoms with Crippen molar-refractivity contribution >= 4 is 17.6 Å². The summed E-state index contributed by atoms with van der Waals surface area (Å²) in [6, 6.07) is 14.5. The number of ether oxygens (including phenoxy) is 2. The molecule has 2 rings (SSSR count). The molecule has 2 unspecified atom stereocenters. The summed E-state index contributed by atoms with van der Waals surface area (Å²) in [6.07, 6.45) is -0.456. The molecule has 0 amide bonds. The summed E-state index contributed by atoms with van der Waals surface area (Å²) in [5.41, 5.74) is 0.908. The number of halogens is 1. The Balaban J connectivity index is 2.22. The third-order valence-electron chi connectivity index (χ3n) is 4.19. The summed E-state index contributed by atoms with van der Waals surface area (Å²) in [4.78, 5) is 12.2. The molecule has 0 aromatic heterocycles. The molecule has 0 aliphatic rings. The van der Waals surface area contributed by atoms with Gasteiger partial charge in [-0.2, -0.15) is 0 Å². The summed E-state index contributed by atoms with van der Waals surface area (Å²) in [6.45, 7) is 7.45. The number of rotatable bonds is 7. The number of benzene rings is 2. The molecule has 4 nitrogen and oxygen atoms in total. The number of aliphatic hydroxyl groups is 1. The maximum atomic E-state index is 12.2. The van der Waals surface area contributed by atoms with E-state index in [-0.39, 0.29) is 12.1 Å². The van der Waals surface area contributed by atoms with Gasteiger partial charge >= 0.3 is 5.97 Å². The van der Waals surface area contributed by atoms with Crippen molar-refractivity contribution in [1.82, 2.24) is 0 Å². The van der Waals surface area contributed by atoms with Gasteiger partial charge in [0.2, 0.25) is 0 Å².